The number of aliphatic hydroxyl groups is 2. The number of benzene rings is 1. The zero-order valence-corrected chi connectivity index (χ0v) is 25.4. The molecule has 1 aromatic heterocycles. The summed E-state index contributed by atoms with van der Waals surface area (Å²) in [5.41, 5.74) is 2.08. The van der Waals surface area contributed by atoms with Gasteiger partial charge in [0.25, 0.3) is 5.88 Å². The highest BCUT2D eigenvalue weighted by Crippen LogP contribution is 2.43. The summed E-state index contributed by atoms with van der Waals surface area (Å²) < 4.78 is 56.8. The molecule has 248 valence electrons. The van der Waals surface area contributed by atoms with Gasteiger partial charge in [0.15, 0.2) is 0 Å². The average molecular weight is 636 g/mol. The summed E-state index contributed by atoms with van der Waals surface area (Å²) in [4.78, 5) is 40.0. The number of nitrogens with zero attached hydrogens (tertiary/aromatic N) is 3. The normalized spacial score (nSPS) is 14.1. The van der Waals surface area contributed by atoms with E-state index in [2.05, 4.69) is 20.9 Å². The van der Waals surface area contributed by atoms with E-state index in [9.17, 15) is 22.8 Å². The molecule has 5 N–H and O–H groups in total. The maximum absolute atomic E-state index is 13.0. The number of primary amides is 1. The highest BCUT2D eigenvalue weighted by Gasteiger charge is 2.51. The lowest BCUT2D eigenvalue weighted by atomic mass is 10.1. The summed E-state index contributed by atoms with van der Waals surface area (Å²) in [6.07, 6.45) is -4.36. The second kappa shape index (κ2) is 17.0. The third kappa shape index (κ3) is 11.4. The number of carbonyl (C=O) groups is 4. The zero-order chi connectivity index (χ0) is 34.5. The van der Waals surface area contributed by atoms with Crippen LogP contribution >= 0.6 is 0 Å². The number of fused-ring (bicyclic) bond motifs is 1. The lowest BCUT2D eigenvalue weighted by molar-refractivity contribution is -0.242. The first-order valence-corrected chi connectivity index (χ1v) is 13.0. The van der Waals surface area contributed by atoms with Crippen molar-refractivity contribution in [2.75, 3.05) is 30.0 Å². The van der Waals surface area contributed by atoms with Gasteiger partial charge in [0.1, 0.15) is 43.3 Å². The molecular weight excluding hydrogens is 595 g/mol. The summed E-state index contributed by atoms with van der Waals surface area (Å²) >= 11 is 0. The van der Waals surface area contributed by atoms with Crippen molar-refractivity contribution in [3.8, 4) is 11.6 Å². The Bertz CT molecular complexity index is 1210. The van der Waals surface area contributed by atoms with Crippen molar-refractivity contribution in [1.82, 2.24) is 9.78 Å². The molecule has 0 unspecified atom stereocenters. The van der Waals surface area contributed by atoms with Crippen molar-refractivity contribution in [3.05, 3.63) is 24.4 Å². The van der Waals surface area contributed by atoms with E-state index in [0.717, 1.165) is 13.8 Å². The first-order chi connectivity index (χ1) is 20.4. The number of nitrogens with one attached hydrogen (secondary N) is 1. The minimum absolute atomic E-state index is 0.0584. The van der Waals surface area contributed by atoms with E-state index in [4.69, 9.17) is 29.3 Å². The monoisotopic (exact) mass is 635 g/mol. The standard InChI is InChI=1S/C21H27F3N4O5.C4H9NO2.2CH2O/c1-5-27-12-16(18(26-27)31-9-8-29)28-11-13(2)32-17-7-6-14(10-15(17)28)25-19(30)33-20(3,4)21(22,23)24;1-4(2,7)3(5)6;2*1-2/h6-7,10,12-13,29H,5,8-9,11H2,1-4H3,(H,25,30);7H,1-2H3,(H2,5,6);2*1H2/t13-;;;/m0.../s1. The second-order valence-electron chi connectivity index (χ2n) is 9.91. The fourth-order valence-corrected chi connectivity index (χ4v) is 3.16. The van der Waals surface area contributed by atoms with E-state index in [1.807, 2.05) is 32.3 Å². The number of rotatable bonds is 8. The quantitative estimate of drug-likeness (QED) is 0.333. The highest BCUT2D eigenvalue weighted by molar-refractivity contribution is 5.87. The van der Waals surface area contributed by atoms with Crippen LogP contribution in [0.5, 0.6) is 11.6 Å². The Labute approximate surface area is 252 Å². The molecule has 0 spiro atoms. The number of carbonyl (C=O) groups excluding carboxylic acids is 4. The molecule has 1 aliphatic rings. The number of halogens is 3. The summed E-state index contributed by atoms with van der Waals surface area (Å²) in [7, 11) is 0. The largest absolute Gasteiger partial charge is 0.487 e. The number of hydrogen-bond acceptors (Lipinski definition) is 11. The molecule has 0 aliphatic carbocycles. The van der Waals surface area contributed by atoms with Crippen LogP contribution in [0.25, 0.3) is 0 Å². The Morgan fingerprint density at radius 1 is 1.16 bits per heavy atom. The molecule has 2 amide bonds. The Kier molecular flexibility index (Phi) is 15.4. The van der Waals surface area contributed by atoms with Gasteiger partial charge in [0.05, 0.1) is 25.0 Å². The summed E-state index contributed by atoms with van der Waals surface area (Å²) in [5.74, 6) is 0.129. The molecule has 0 saturated carbocycles. The van der Waals surface area contributed by atoms with Crippen LogP contribution in [-0.2, 0) is 25.7 Å². The van der Waals surface area contributed by atoms with Crippen molar-refractivity contribution in [1.29, 1.82) is 0 Å². The minimum atomic E-state index is -4.72. The number of hydrogen-bond donors (Lipinski definition) is 4. The SMILES string of the molecule is C=O.C=O.CC(C)(O)C(N)=O.CCn1cc(N2C[C@H](C)Oc3ccc(NC(=O)OC(C)(C)C(F)(F)F)cc32)c(OCCO)n1. The molecule has 44 heavy (non-hydrogen) atoms. The maximum Gasteiger partial charge on any atom is 0.427 e. The van der Waals surface area contributed by atoms with Gasteiger partial charge in [-0.3, -0.25) is 14.8 Å². The smallest absolute Gasteiger partial charge is 0.427 e. The van der Waals surface area contributed by atoms with Crippen LogP contribution in [0.3, 0.4) is 0 Å². The number of amides is 2. The zero-order valence-electron chi connectivity index (χ0n) is 25.4. The highest BCUT2D eigenvalue weighted by atomic mass is 19.4. The molecule has 0 radical (unpaired) electrons. The number of alkyl halides is 3. The summed E-state index contributed by atoms with van der Waals surface area (Å²) in [6, 6.07) is 4.69. The van der Waals surface area contributed by atoms with Crippen LogP contribution in [0.2, 0.25) is 0 Å². The molecular formula is C27H40F3N5O9. The van der Waals surface area contributed by atoms with Crippen LogP contribution < -0.4 is 25.4 Å². The first kappa shape index (κ1) is 39.6. The van der Waals surface area contributed by atoms with Gasteiger partial charge < -0.3 is 44.6 Å². The fraction of sp³-hybridized carbons (Fsp3) is 0.519. The molecule has 2 aromatic rings. The first-order valence-electron chi connectivity index (χ1n) is 13.0. The number of aryl methyl sites for hydroxylation is 1. The van der Waals surface area contributed by atoms with E-state index in [1.54, 1.807) is 23.0 Å². The molecule has 17 heteroatoms. The predicted octanol–water partition coefficient (Wildman–Crippen LogP) is 2.96. The molecule has 0 saturated heterocycles. The maximum atomic E-state index is 13.0. The molecule has 2 heterocycles. The Hall–Kier alpha value is -4.38. The third-order valence-corrected chi connectivity index (χ3v) is 5.55. The van der Waals surface area contributed by atoms with Crippen molar-refractivity contribution in [3.63, 3.8) is 0 Å². The second-order valence-corrected chi connectivity index (χ2v) is 9.91. The molecule has 14 nitrogen and oxygen atoms in total. The van der Waals surface area contributed by atoms with Crippen molar-refractivity contribution in [2.24, 2.45) is 5.73 Å². The van der Waals surface area contributed by atoms with Crippen molar-refractivity contribution < 1.29 is 56.8 Å². The van der Waals surface area contributed by atoms with Crippen LogP contribution in [-0.4, -0.2) is 88.8 Å². The average Bonchev–Trinajstić information content (AvgIpc) is 3.36. The fourth-order valence-electron chi connectivity index (χ4n) is 3.16. The van der Waals surface area contributed by atoms with Gasteiger partial charge >= 0.3 is 12.3 Å². The number of aliphatic hydroxyl groups excluding tert-OH is 1. The van der Waals surface area contributed by atoms with Crippen LogP contribution in [0.4, 0.5) is 35.0 Å². The number of nitrogens with two attached hydrogens (primary N) is 1. The molecule has 1 aliphatic heterocycles. The van der Waals surface area contributed by atoms with E-state index >= 15 is 0 Å². The summed E-state index contributed by atoms with van der Waals surface area (Å²) in [6.45, 7) is 12.9. The van der Waals surface area contributed by atoms with Gasteiger partial charge in [-0.15, -0.1) is 5.10 Å². The predicted molar refractivity (Wildman–Crippen MR) is 154 cm³/mol. The minimum Gasteiger partial charge on any atom is -0.487 e. The number of anilines is 3. The van der Waals surface area contributed by atoms with E-state index in [-0.39, 0.29) is 25.0 Å². The lowest BCUT2D eigenvalue weighted by Gasteiger charge is -2.34. The Morgan fingerprint density at radius 3 is 2.20 bits per heavy atom. The van der Waals surface area contributed by atoms with E-state index < -0.39 is 29.4 Å². The van der Waals surface area contributed by atoms with Gasteiger partial charge in [-0.2, -0.15) is 13.2 Å². The Morgan fingerprint density at radius 2 is 1.73 bits per heavy atom. The topological polar surface area (TPSA) is 196 Å². The van der Waals surface area contributed by atoms with Crippen molar-refractivity contribution in [2.45, 2.75) is 71.6 Å². The van der Waals surface area contributed by atoms with Gasteiger partial charge in [-0.05, 0) is 59.7 Å². The molecule has 0 bridgehead atoms. The number of ether oxygens (including phenoxy) is 3. The van der Waals surface area contributed by atoms with Crippen LogP contribution in [0, 0.1) is 0 Å². The van der Waals surface area contributed by atoms with Gasteiger partial charge in [-0.25, -0.2) is 4.79 Å². The van der Waals surface area contributed by atoms with Gasteiger partial charge in [-0.1, -0.05) is 0 Å². The molecule has 0 fully saturated rings. The molecule has 1 atom stereocenters. The lowest BCUT2D eigenvalue weighted by Crippen LogP contribution is -2.44. The van der Waals surface area contributed by atoms with Crippen LogP contribution in [0.1, 0.15) is 41.5 Å². The van der Waals surface area contributed by atoms with E-state index in [1.165, 1.54) is 19.9 Å². The molecule has 3 rings (SSSR count). The van der Waals surface area contributed by atoms with E-state index in [0.29, 0.717) is 36.1 Å². The number of aromatic nitrogens is 2. The summed E-state index contributed by atoms with van der Waals surface area (Å²) in [5, 5.41) is 24.5. The molecule has 1 aromatic carbocycles. The van der Waals surface area contributed by atoms with Crippen LogP contribution in [0.15, 0.2) is 24.4 Å². The van der Waals surface area contributed by atoms with Gasteiger partial charge in [0.2, 0.25) is 11.5 Å². The Balaban J connectivity index is 0.00000146. The van der Waals surface area contributed by atoms with Crippen molar-refractivity contribution >= 4 is 42.6 Å². The third-order valence-electron chi connectivity index (χ3n) is 5.55. The van der Waals surface area contributed by atoms with Gasteiger partial charge in [0, 0.05) is 12.2 Å².